The minimum atomic E-state index is -0.274. The van der Waals surface area contributed by atoms with Crippen molar-refractivity contribution in [2.24, 2.45) is 5.41 Å². The maximum absolute atomic E-state index is 10.7. The summed E-state index contributed by atoms with van der Waals surface area (Å²) in [5, 5.41) is 39.8. The van der Waals surface area contributed by atoms with Gasteiger partial charge in [0.1, 0.15) is 5.75 Å². The molecule has 2 aromatic rings. The van der Waals surface area contributed by atoms with Gasteiger partial charge in [0, 0.05) is 11.5 Å². The summed E-state index contributed by atoms with van der Waals surface area (Å²) in [6.07, 6.45) is 3.24. The van der Waals surface area contributed by atoms with Crippen LogP contribution in [-0.4, -0.2) is 20.4 Å². The molecule has 4 nitrogen and oxygen atoms in total. The second kappa shape index (κ2) is 7.16. The maximum atomic E-state index is 10.7. The van der Waals surface area contributed by atoms with Gasteiger partial charge in [-0.05, 0) is 59.4 Å². The number of phenolic OH excluding ortho intramolecular Hbond substituents is 3. The van der Waals surface area contributed by atoms with E-state index < -0.39 is 0 Å². The summed E-state index contributed by atoms with van der Waals surface area (Å²) in [5.41, 5.74) is 2.64. The predicted molar refractivity (Wildman–Crippen MR) is 106 cm³/mol. The quantitative estimate of drug-likeness (QED) is 0.429. The van der Waals surface area contributed by atoms with E-state index in [1.165, 1.54) is 12.1 Å². The zero-order chi connectivity index (χ0) is 19.6. The largest absolute Gasteiger partial charge is 0.513 e. The van der Waals surface area contributed by atoms with Crippen molar-refractivity contribution in [2.75, 3.05) is 0 Å². The fourth-order valence-electron chi connectivity index (χ4n) is 3.26. The highest BCUT2D eigenvalue weighted by Gasteiger charge is 2.31. The molecule has 0 saturated carbocycles. The third kappa shape index (κ3) is 4.02. The van der Waals surface area contributed by atoms with Crippen LogP contribution < -0.4 is 0 Å². The Bertz CT molecular complexity index is 853. The van der Waals surface area contributed by atoms with Gasteiger partial charge in [-0.3, -0.25) is 0 Å². The van der Waals surface area contributed by atoms with Gasteiger partial charge in [-0.15, -0.1) is 0 Å². The molecule has 0 heterocycles. The number of hydrogen-bond donors (Lipinski definition) is 4. The van der Waals surface area contributed by atoms with Crippen LogP contribution in [0, 0.1) is 5.41 Å². The molecule has 26 heavy (non-hydrogen) atoms. The Morgan fingerprint density at radius 2 is 1.62 bits per heavy atom. The van der Waals surface area contributed by atoms with Crippen LogP contribution in [0.3, 0.4) is 0 Å². The summed E-state index contributed by atoms with van der Waals surface area (Å²) in [6.45, 7) is 11.5. The molecule has 0 amide bonds. The highest BCUT2D eigenvalue weighted by Crippen LogP contribution is 2.46. The second-order valence-corrected chi connectivity index (χ2v) is 7.58. The Kier molecular flexibility index (Phi) is 5.36. The van der Waals surface area contributed by atoms with Gasteiger partial charge in [-0.25, -0.2) is 0 Å². The monoisotopic (exact) mass is 354 g/mol. The van der Waals surface area contributed by atoms with Crippen molar-refractivity contribution in [1.29, 1.82) is 0 Å². The Morgan fingerprint density at radius 3 is 2.12 bits per heavy atom. The number of aliphatic hydroxyl groups is 1. The van der Waals surface area contributed by atoms with E-state index in [1.54, 1.807) is 31.2 Å². The number of rotatable bonds is 4. The zero-order valence-electron chi connectivity index (χ0n) is 15.6. The van der Waals surface area contributed by atoms with Gasteiger partial charge in [0.25, 0.3) is 0 Å². The van der Waals surface area contributed by atoms with Crippen LogP contribution in [0.2, 0.25) is 0 Å². The number of aliphatic hydroxyl groups excluding tert-OH is 1. The third-order valence-electron chi connectivity index (χ3n) is 4.33. The molecule has 0 spiro atoms. The summed E-state index contributed by atoms with van der Waals surface area (Å²) >= 11 is 0. The fraction of sp³-hybridized carbons (Fsp3) is 0.273. The zero-order valence-corrected chi connectivity index (χ0v) is 15.6. The minimum absolute atomic E-state index is 0.0931. The molecule has 0 aliphatic heterocycles. The lowest BCUT2D eigenvalue weighted by atomic mass is 9.71. The average molecular weight is 354 g/mol. The lowest BCUT2D eigenvalue weighted by Gasteiger charge is -2.32. The van der Waals surface area contributed by atoms with Crippen LogP contribution in [0.1, 0.15) is 55.9 Å². The summed E-state index contributed by atoms with van der Waals surface area (Å²) in [5.74, 6) is -0.389. The lowest BCUT2D eigenvalue weighted by molar-refractivity contribution is 0.345. The first-order valence-electron chi connectivity index (χ1n) is 8.43. The molecule has 1 unspecified atom stereocenters. The standard InChI is InChI=1S/C22H26O4/c1-6-14-10-17(19(25)12-16(14)9-13(2)23)21(22(3,4)5)15-7-8-18(24)20(26)11-15/h6-12,21,23-26H,1H2,2-5H3/b13-9+. The number of aromatic hydroxyl groups is 3. The van der Waals surface area contributed by atoms with Crippen LogP contribution in [0.4, 0.5) is 0 Å². The molecule has 2 rings (SSSR count). The molecule has 2 aromatic carbocycles. The Labute approximate surface area is 154 Å². The number of hydrogen-bond acceptors (Lipinski definition) is 4. The van der Waals surface area contributed by atoms with E-state index in [9.17, 15) is 20.4 Å². The van der Waals surface area contributed by atoms with E-state index in [2.05, 4.69) is 6.58 Å². The van der Waals surface area contributed by atoms with Gasteiger partial charge >= 0.3 is 0 Å². The SMILES string of the molecule is C=Cc1cc(C(c2ccc(O)c(O)c2)C(C)(C)C)c(O)cc1/C=C(\C)O. The molecule has 0 aliphatic carbocycles. The molecule has 0 aromatic heterocycles. The summed E-state index contributed by atoms with van der Waals surface area (Å²) in [4.78, 5) is 0. The van der Waals surface area contributed by atoms with Crippen LogP contribution in [0.15, 0.2) is 42.7 Å². The van der Waals surface area contributed by atoms with E-state index >= 15 is 0 Å². The summed E-state index contributed by atoms with van der Waals surface area (Å²) in [7, 11) is 0. The van der Waals surface area contributed by atoms with Crippen LogP contribution in [0.5, 0.6) is 17.2 Å². The van der Waals surface area contributed by atoms with Gasteiger partial charge in [0.05, 0.1) is 5.76 Å². The van der Waals surface area contributed by atoms with Crippen LogP contribution in [0.25, 0.3) is 12.2 Å². The first kappa shape index (κ1) is 19.4. The Balaban J connectivity index is 2.71. The molecule has 0 fully saturated rings. The van der Waals surface area contributed by atoms with Crippen molar-refractivity contribution in [3.63, 3.8) is 0 Å². The summed E-state index contributed by atoms with van der Waals surface area (Å²) in [6, 6.07) is 8.15. The van der Waals surface area contributed by atoms with E-state index in [4.69, 9.17) is 0 Å². The fourth-order valence-corrected chi connectivity index (χ4v) is 3.26. The van der Waals surface area contributed by atoms with Crippen molar-refractivity contribution in [1.82, 2.24) is 0 Å². The lowest BCUT2D eigenvalue weighted by Crippen LogP contribution is -2.20. The molecule has 1 atom stereocenters. The first-order valence-corrected chi connectivity index (χ1v) is 8.43. The Morgan fingerprint density at radius 1 is 0.962 bits per heavy atom. The predicted octanol–water partition coefficient (Wildman–Crippen LogP) is 5.54. The highest BCUT2D eigenvalue weighted by molar-refractivity contribution is 5.69. The molecular formula is C22H26O4. The van der Waals surface area contributed by atoms with Crippen molar-refractivity contribution < 1.29 is 20.4 Å². The van der Waals surface area contributed by atoms with E-state index in [1.807, 2.05) is 26.8 Å². The average Bonchev–Trinajstić information content (AvgIpc) is 2.51. The smallest absolute Gasteiger partial charge is 0.157 e. The summed E-state index contributed by atoms with van der Waals surface area (Å²) < 4.78 is 0. The highest BCUT2D eigenvalue weighted by atomic mass is 16.3. The van der Waals surface area contributed by atoms with Crippen LogP contribution >= 0.6 is 0 Å². The van der Waals surface area contributed by atoms with Crippen molar-refractivity contribution in [3.8, 4) is 17.2 Å². The van der Waals surface area contributed by atoms with E-state index in [-0.39, 0.29) is 34.3 Å². The molecule has 138 valence electrons. The molecule has 0 aliphatic rings. The molecule has 0 radical (unpaired) electrons. The minimum Gasteiger partial charge on any atom is -0.513 e. The van der Waals surface area contributed by atoms with Gasteiger partial charge < -0.3 is 20.4 Å². The van der Waals surface area contributed by atoms with Gasteiger partial charge in [0.2, 0.25) is 0 Å². The van der Waals surface area contributed by atoms with Gasteiger partial charge in [0.15, 0.2) is 11.5 Å². The van der Waals surface area contributed by atoms with Crippen molar-refractivity contribution in [3.05, 3.63) is 64.9 Å². The third-order valence-corrected chi connectivity index (χ3v) is 4.33. The number of phenols is 3. The molecule has 4 N–H and O–H groups in total. The first-order chi connectivity index (χ1) is 12.0. The molecular weight excluding hydrogens is 328 g/mol. The molecule has 4 heteroatoms. The number of allylic oxidation sites excluding steroid dienone is 1. The molecule has 0 bridgehead atoms. The van der Waals surface area contributed by atoms with Gasteiger partial charge in [-0.2, -0.15) is 0 Å². The van der Waals surface area contributed by atoms with Crippen molar-refractivity contribution in [2.45, 2.75) is 33.6 Å². The van der Waals surface area contributed by atoms with E-state index in [0.29, 0.717) is 11.1 Å². The topological polar surface area (TPSA) is 80.9 Å². The number of benzene rings is 2. The van der Waals surface area contributed by atoms with Crippen molar-refractivity contribution >= 4 is 12.2 Å². The molecule has 0 saturated heterocycles. The second-order valence-electron chi connectivity index (χ2n) is 7.58. The maximum Gasteiger partial charge on any atom is 0.157 e. The normalized spacial score (nSPS) is 13.5. The van der Waals surface area contributed by atoms with Gasteiger partial charge in [-0.1, -0.05) is 39.5 Å². The Hall–Kier alpha value is -2.88. The van der Waals surface area contributed by atoms with E-state index in [0.717, 1.165) is 11.1 Å². The van der Waals surface area contributed by atoms with Crippen LogP contribution in [-0.2, 0) is 0 Å².